The number of carbonyl (C=O) groups is 1. The van der Waals surface area contributed by atoms with E-state index >= 15 is 0 Å². The van der Waals surface area contributed by atoms with Crippen LogP contribution in [0.3, 0.4) is 0 Å². The van der Waals surface area contributed by atoms with E-state index in [-0.39, 0.29) is 5.97 Å². The van der Waals surface area contributed by atoms with Gasteiger partial charge in [0.15, 0.2) is 10.5 Å². The molecule has 2 aromatic carbocycles. The molecule has 0 radical (unpaired) electrons. The standard InChI is InChI=1S/C22H23ClN4O2S/c1-21-22(19(28)29-3,18(25-20(30)26-21)14-7-5-4-6-8-14)17(24-13-27(21)2)15-9-11-16(23)12-10-15/h4-13,17-18H,1-3H3,(H2,25,26,30)/t17?,18-,21+,22+/m1/s1. The van der Waals surface area contributed by atoms with Gasteiger partial charge in [-0.2, -0.15) is 0 Å². The number of hydrogen-bond donors (Lipinski definition) is 2. The first-order valence-electron chi connectivity index (χ1n) is 9.58. The van der Waals surface area contributed by atoms with Crippen LogP contribution in [0.25, 0.3) is 0 Å². The average molecular weight is 443 g/mol. The molecule has 4 atom stereocenters. The number of aliphatic imine (C=N–C) groups is 1. The zero-order valence-corrected chi connectivity index (χ0v) is 18.5. The van der Waals surface area contributed by atoms with E-state index in [2.05, 4.69) is 10.6 Å². The summed E-state index contributed by atoms with van der Waals surface area (Å²) in [6, 6.07) is 16.2. The van der Waals surface area contributed by atoms with Crippen molar-refractivity contribution < 1.29 is 9.53 Å². The second-order valence-electron chi connectivity index (χ2n) is 7.70. The minimum atomic E-state index is -1.18. The Labute approximate surface area is 186 Å². The molecule has 2 heterocycles. The highest BCUT2D eigenvalue weighted by atomic mass is 35.5. The molecule has 30 heavy (non-hydrogen) atoms. The molecule has 1 saturated heterocycles. The van der Waals surface area contributed by atoms with E-state index < -0.39 is 23.2 Å². The summed E-state index contributed by atoms with van der Waals surface area (Å²) in [5.41, 5.74) is -0.308. The summed E-state index contributed by atoms with van der Waals surface area (Å²) in [7, 11) is 3.28. The normalized spacial score (nSPS) is 30.1. The van der Waals surface area contributed by atoms with E-state index in [1.54, 1.807) is 18.5 Å². The van der Waals surface area contributed by atoms with Gasteiger partial charge in [-0.25, -0.2) is 0 Å². The Morgan fingerprint density at radius 1 is 1.17 bits per heavy atom. The molecule has 2 aromatic rings. The molecule has 1 fully saturated rings. The predicted molar refractivity (Wildman–Crippen MR) is 121 cm³/mol. The van der Waals surface area contributed by atoms with Crippen molar-refractivity contribution in [2.75, 3.05) is 14.2 Å². The molecule has 1 unspecified atom stereocenters. The summed E-state index contributed by atoms with van der Waals surface area (Å²) in [6.07, 6.45) is 1.74. The largest absolute Gasteiger partial charge is 0.468 e. The van der Waals surface area contributed by atoms with Crippen molar-refractivity contribution >= 4 is 41.2 Å². The van der Waals surface area contributed by atoms with Gasteiger partial charge in [-0.1, -0.05) is 54.1 Å². The zero-order valence-electron chi connectivity index (χ0n) is 16.9. The van der Waals surface area contributed by atoms with E-state index in [0.29, 0.717) is 10.1 Å². The van der Waals surface area contributed by atoms with Gasteiger partial charge < -0.3 is 20.3 Å². The lowest BCUT2D eigenvalue weighted by atomic mass is 9.59. The number of ether oxygens (including phenoxy) is 1. The second-order valence-corrected chi connectivity index (χ2v) is 8.55. The minimum absolute atomic E-state index is 0.384. The van der Waals surface area contributed by atoms with Crippen molar-refractivity contribution in [3.63, 3.8) is 0 Å². The molecule has 156 valence electrons. The van der Waals surface area contributed by atoms with Gasteiger partial charge in [0, 0.05) is 12.1 Å². The summed E-state index contributed by atoms with van der Waals surface area (Å²) >= 11 is 11.7. The highest BCUT2D eigenvalue weighted by Gasteiger charge is 2.70. The Morgan fingerprint density at radius 3 is 2.47 bits per heavy atom. The number of benzene rings is 2. The van der Waals surface area contributed by atoms with Crippen molar-refractivity contribution in [3.05, 3.63) is 70.7 Å². The first kappa shape index (κ1) is 20.6. The van der Waals surface area contributed by atoms with Crippen LogP contribution in [0.15, 0.2) is 59.6 Å². The predicted octanol–water partition coefficient (Wildman–Crippen LogP) is 3.45. The van der Waals surface area contributed by atoms with Crippen LogP contribution in [0.1, 0.15) is 30.1 Å². The first-order chi connectivity index (χ1) is 14.3. The second kappa shape index (κ2) is 7.56. The highest BCUT2D eigenvalue weighted by Crippen LogP contribution is 2.58. The van der Waals surface area contributed by atoms with E-state index in [9.17, 15) is 4.79 Å². The SMILES string of the molecule is COC(=O)[C@@]12C(c3ccc(Cl)cc3)N=CN(C)[C@]1(C)NC(=S)N[C@@H]2c1ccccc1. The number of esters is 1. The topological polar surface area (TPSA) is 66.0 Å². The lowest BCUT2D eigenvalue weighted by molar-refractivity contribution is -0.172. The van der Waals surface area contributed by atoms with Crippen LogP contribution >= 0.6 is 23.8 Å². The van der Waals surface area contributed by atoms with Gasteiger partial charge in [0.2, 0.25) is 0 Å². The molecule has 0 aliphatic carbocycles. The molecule has 4 rings (SSSR count). The molecule has 0 aromatic heterocycles. The molecule has 0 saturated carbocycles. The monoisotopic (exact) mass is 442 g/mol. The molecule has 0 bridgehead atoms. The summed E-state index contributed by atoms with van der Waals surface area (Å²) in [5.74, 6) is -0.384. The Bertz CT molecular complexity index is 1000. The van der Waals surface area contributed by atoms with Crippen LogP contribution in [0.4, 0.5) is 0 Å². The molecule has 6 nitrogen and oxygen atoms in total. The summed E-state index contributed by atoms with van der Waals surface area (Å²) < 4.78 is 5.44. The molecule has 2 aliphatic rings. The maximum Gasteiger partial charge on any atom is 0.321 e. The lowest BCUT2D eigenvalue weighted by Gasteiger charge is -2.61. The number of nitrogens with one attached hydrogen (secondary N) is 2. The molecule has 2 N–H and O–H groups in total. The van der Waals surface area contributed by atoms with Crippen LogP contribution in [0.2, 0.25) is 5.02 Å². The molecular weight excluding hydrogens is 420 g/mol. The molecule has 0 amide bonds. The third-order valence-corrected chi connectivity index (χ3v) is 6.73. The number of nitrogens with zero attached hydrogens (tertiary/aromatic N) is 2. The Hall–Kier alpha value is -2.64. The van der Waals surface area contributed by atoms with Gasteiger partial charge >= 0.3 is 5.97 Å². The maximum atomic E-state index is 13.7. The van der Waals surface area contributed by atoms with Gasteiger partial charge in [-0.3, -0.25) is 9.79 Å². The number of thiocarbonyl (C=S) groups is 1. The number of methoxy groups -OCH3 is 1. The fourth-order valence-corrected chi connectivity index (χ4v) is 5.12. The van der Waals surface area contributed by atoms with Crippen molar-refractivity contribution in [1.29, 1.82) is 0 Å². The number of hydrogen-bond acceptors (Lipinski definition) is 5. The Kier molecular flexibility index (Phi) is 5.20. The smallest absolute Gasteiger partial charge is 0.321 e. The summed E-state index contributed by atoms with van der Waals surface area (Å²) in [4.78, 5) is 20.4. The highest BCUT2D eigenvalue weighted by molar-refractivity contribution is 7.80. The van der Waals surface area contributed by atoms with Gasteiger partial charge in [-0.15, -0.1) is 0 Å². The number of halogens is 1. The van der Waals surface area contributed by atoms with Gasteiger partial charge in [-0.05, 0) is 42.4 Å². The van der Waals surface area contributed by atoms with Crippen molar-refractivity contribution in [1.82, 2.24) is 15.5 Å². The van der Waals surface area contributed by atoms with Crippen LogP contribution in [-0.2, 0) is 9.53 Å². The maximum absolute atomic E-state index is 13.7. The van der Waals surface area contributed by atoms with E-state index in [0.717, 1.165) is 11.1 Å². The molecule has 8 heteroatoms. The van der Waals surface area contributed by atoms with Crippen LogP contribution < -0.4 is 10.6 Å². The number of rotatable bonds is 3. The summed E-state index contributed by atoms with van der Waals surface area (Å²) in [5, 5.41) is 7.76. The van der Waals surface area contributed by atoms with Gasteiger partial charge in [0.25, 0.3) is 0 Å². The third kappa shape index (κ3) is 2.87. The van der Waals surface area contributed by atoms with Crippen molar-refractivity contribution in [3.8, 4) is 0 Å². The zero-order chi connectivity index (χ0) is 21.5. The molecule has 0 spiro atoms. The number of fused-ring (bicyclic) bond motifs is 1. The van der Waals surface area contributed by atoms with Gasteiger partial charge in [0.1, 0.15) is 5.66 Å². The van der Waals surface area contributed by atoms with Crippen LogP contribution in [-0.4, -0.2) is 42.1 Å². The first-order valence-corrected chi connectivity index (χ1v) is 10.4. The molecular formula is C22H23ClN4O2S. The number of carbonyl (C=O) groups excluding carboxylic acids is 1. The van der Waals surface area contributed by atoms with Crippen molar-refractivity contribution in [2.45, 2.75) is 24.7 Å². The van der Waals surface area contributed by atoms with Gasteiger partial charge in [0.05, 0.1) is 25.5 Å². The minimum Gasteiger partial charge on any atom is -0.468 e. The quantitative estimate of drug-likeness (QED) is 0.560. The van der Waals surface area contributed by atoms with E-state index in [1.165, 1.54) is 7.11 Å². The fraction of sp³-hybridized carbons (Fsp3) is 0.318. The fourth-order valence-electron chi connectivity index (χ4n) is 4.67. The van der Waals surface area contributed by atoms with E-state index in [1.807, 2.05) is 61.3 Å². The Morgan fingerprint density at radius 2 is 1.83 bits per heavy atom. The molecule has 2 aliphatic heterocycles. The van der Waals surface area contributed by atoms with Crippen LogP contribution in [0.5, 0.6) is 0 Å². The summed E-state index contributed by atoms with van der Waals surface area (Å²) in [6.45, 7) is 1.96. The lowest BCUT2D eigenvalue weighted by Crippen LogP contribution is -2.79. The van der Waals surface area contributed by atoms with E-state index in [4.69, 9.17) is 33.5 Å². The van der Waals surface area contributed by atoms with Crippen LogP contribution in [0, 0.1) is 5.41 Å². The average Bonchev–Trinajstić information content (AvgIpc) is 2.75. The third-order valence-electron chi connectivity index (χ3n) is 6.26. The Balaban J connectivity index is 2.04. The van der Waals surface area contributed by atoms with Crippen molar-refractivity contribution in [2.24, 2.45) is 10.4 Å².